The maximum atomic E-state index is 12.7. The zero-order valence-electron chi connectivity index (χ0n) is 10.7. The molecule has 0 radical (unpaired) electrons. The monoisotopic (exact) mass is 261 g/mol. The van der Waals surface area contributed by atoms with E-state index in [4.69, 9.17) is 15.2 Å². The van der Waals surface area contributed by atoms with Gasteiger partial charge in [-0.2, -0.15) is 0 Å². The van der Waals surface area contributed by atoms with Crippen LogP contribution in [-0.4, -0.2) is 7.11 Å². The van der Waals surface area contributed by atoms with Crippen LogP contribution in [-0.2, 0) is 13.2 Å². The van der Waals surface area contributed by atoms with Gasteiger partial charge in [0, 0.05) is 12.1 Å². The molecule has 0 heterocycles. The Morgan fingerprint density at radius 3 is 2.47 bits per heavy atom. The normalized spacial score (nSPS) is 10.3. The third-order valence-electron chi connectivity index (χ3n) is 2.78. The Morgan fingerprint density at radius 1 is 1.11 bits per heavy atom. The zero-order valence-corrected chi connectivity index (χ0v) is 10.7. The molecular formula is C15H16FNO2. The second-order valence-electron chi connectivity index (χ2n) is 4.09. The topological polar surface area (TPSA) is 44.5 Å². The first-order chi connectivity index (χ1) is 9.22. The number of halogens is 1. The Labute approximate surface area is 111 Å². The third kappa shape index (κ3) is 3.45. The highest BCUT2D eigenvalue weighted by molar-refractivity contribution is 5.37. The first-order valence-corrected chi connectivity index (χ1v) is 5.97. The van der Waals surface area contributed by atoms with E-state index >= 15 is 0 Å². The van der Waals surface area contributed by atoms with Gasteiger partial charge in [0.15, 0.2) is 0 Å². The first-order valence-electron chi connectivity index (χ1n) is 5.97. The second kappa shape index (κ2) is 6.20. The van der Waals surface area contributed by atoms with Crippen LogP contribution in [0.5, 0.6) is 11.5 Å². The minimum absolute atomic E-state index is 0.276. The minimum atomic E-state index is -0.276. The van der Waals surface area contributed by atoms with Gasteiger partial charge in [0.1, 0.15) is 23.9 Å². The molecule has 2 rings (SSSR count). The lowest BCUT2D eigenvalue weighted by atomic mass is 10.1. The average molecular weight is 261 g/mol. The van der Waals surface area contributed by atoms with Crippen molar-refractivity contribution in [3.8, 4) is 11.5 Å². The molecule has 0 saturated heterocycles. The van der Waals surface area contributed by atoms with E-state index in [0.717, 1.165) is 16.9 Å². The van der Waals surface area contributed by atoms with E-state index in [-0.39, 0.29) is 5.82 Å². The van der Waals surface area contributed by atoms with E-state index in [1.54, 1.807) is 19.2 Å². The predicted octanol–water partition coefficient (Wildman–Crippen LogP) is 2.87. The predicted molar refractivity (Wildman–Crippen MR) is 71.6 cm³/mol. The molecule has 0 aliphatic heterocycles. The van der Waals surface area contributed by atoms with Crippen molar-refractivity contribution in [2.24, 2.45) is 5.73 Å². The third-order valence-corrected chi connectivity index (χ3v) is 2.78. The van der Waals surface area contributed by atoms with E-state index in [9.17, 15) is 4.39 Å². The second-order valence-corrected chi connectivity index (χ2v) is 4.09. The molecule has 0 amide bonds. The Bertz CT molecular complexity index is 540. The summed E-state index contributed by atoms with van der Waals surface area (Å²) in [6.45, 7) is 0.816. The number of benzene rings is 2. The van der Waals surface area contributed by atoms with E-state index in [0.29, 0.717) is 18.9 Å². The Balaban J connectivity index is 2.05. The first kappa shape index (κ1) is 13.4. The van der Waals surface area contributed by atoms with Crippen molar-refractivity contribution >= 4 is 0 Å². The van der Waals surface area contributed by atoms with Crippen molar-refractivity contribution < 1.29 is 13.9 Å². The average Bonchev–Trinajstić information content (AvgIpc) is 2.46. The van der Waals surface area contributed by atoms with E-state index < -0.39 is 0 Å². The molecule has 2 N–H and O–H groups in total. The van der Waals surface area contributed by atoms with Gasteiger partial charge >= 0.3 is 0 Å². The van der Waals surface area contributed by atoms with Crippen LogP contribution in [0, 0.1) is 5.82 Å². The Morgan fingerprint density at radius 2 is 1.84 bits per heavy atom. The van der Waals surface area contributed by atoms with Gasteiger partial charge in [-0.1, -0.05) is 6.07 Å². The summed E-state index contributed by atoms with van der Waals surface area (Å²) in [5, 5.41) is 0. The summed E-state index contributed by atoms with van der Waals surface area (Å²) >= 11 is 0. The molecular weight excluding hydrogens is 245 g/mol. The maximum Gasteiger partial charge on any atom is 0.123 e. The highest BCUT2D eigenvalue weighted by Gasteiger charge is 2.03. The molecule has 0 fully saturated rings. The summed E-state index contributed by atoms with van der Waals surface area (Å²) < 4.78 is 23.5. The largest absolute Gasteiger partial charge is 0.496 e. The summed E-state index contributed by atoms with van der Waals surface area (Å²) in [5.74, 6) is 1.13. The molecule has 0 aliphatic rings. The van der Waals surface area contributed by atoms with Crippen LogP contribution in [0.1, 0.15) is 11.1 Å². The van der Waals surface area contributed by atoms with Crippen LogP contribution in [0.4, 0.5) is 4.39 Å². The smallest absolute Gasteiger partial charge is 0.123 e. The molecule has 0 unspecified atom stereocenters. The summed E-state index contributed by atoms with van der Waals surface area (Å²) in [6.07, 6.45) is 0. The molecule has 100 valence electrons. The number of methoxy groups -OCH3 is 1. The van der Waals surface area contributed by atoms with Gasteiger partial charge in [-0.05, 0) is 42.0 Å². The summed E-state index contributed by atoms with van der Waals surface area (Å²) in [7, 11) is 1.61. The molecule has 19 heavy (non-hydrogen) atoms. The number of hydrogen-bond acceptors (Lipinski definition) is 3. The van der Waals surface area contributed by atoms with E-state index in [2.05, 4.69) is 0 Å². The lowest BCUT2D eigenvalue weighted by Gasteiger charge is -2.10. The van der Waals surface area contributed by atoms with E-state index in [1.807, 2.05) is 18.2 Å². The standard InChI is InChI=1S/C15H16FNO2/c1-18-15-7-2-11(8-12(15)9-17)10-19-14-5-3-13(16)4-6-14/h2-8H,9-10,17H2,1H3. The van der Waals surface area contributed by atoms with Gasteiger partial charge in [-0.15, -0.1) is 0 Å². The number of ether oxygens (including phenoxy) is 2. The van der Waals surface area contributed by atoms with Crippen molar-refractivity contribution in [2.75, 3.05) is 7.11 Å². The fraction of sp³-hybridized carbons (Fsp3) is 0.200. The summed E-state index contributed by atoms with van der Waals surface area (Å²) in [5.41, 5.74) is 7.58. The quantitative estimate of drug-likeness (QED) is 0.900. The lowest BCUT2D eigenvalue weighted by Crippen LogP contribution is -2.02. The van der Waals surface area contributed by atoms with Crippen molar-refractivity contribution in [1.29, 1.82) is 0 Å². The maximum absolute atomic E-state index is 12.7. The van der Waals surface area contributed by atoms with Crippen LogP contribution in [0.25, 0.3) is 0 Å². The molecule has 2 aromatic carbocycles. The van der Waals surface area contributed by atoms with Crippen LogP contribution >= 0.6 is 0 Å². The van der Waals surface area contributed by atoms with Crippen molar-refractivity contribution in [3.63, 3.8) is 0 Å². The van der Waals surface area contributed by atoms with Gasteiger partial charge in [0.2, 0.25) is 0 Å². The molecule has 4 heteroatoms. The fourth-order valence-corrected chi connectivity index (χ4v) is 1.78. The van der Waals surface area contributed by atoms with Crippen LogP contribution in [0.3, 0.4) is 0 Å². The molecule has 3 nitrogen and oxygen atoms in total. The summed E-state index contributed by atoms with van der Waals surface area (Å²) in [4.78, 5) is 0. The van der Waals surface area contributed by atoms with Crippen molar-refractivity contribution in [2.45, 2.75) is 13.2 Å². The van der Waals surface area contributed by atoms with Crippen LogP contribution in [0.15, 0.2) is 42.5 Å². The Kier molecular flexibility index (Phi) is 4.36. The molecule has 0 bridgehead atoms. The Hall–Kier alpha value is -2.07. The number of nitrogens with two attached hydrogens (primary N) is 1. The van der Waals surface area contributed by atoms with Gasteiger partial charge in [-0.3, -0.25) is 0 Å². The van der Waals surface area contributed by atoms with Gasteiger partial charge in [0.25, 0.3) is 0 Å². The molecule has 2 aromatic rings. The molecule has 0 spiro atoms. The molecule has 0 saturated carbocycles. The molecule has 0 aromatic heterocycles. The fourth-order valence-electron chi connectivity index (χ4n) is 1.78. The van der Waals surface area contributed by atoms with Crippen LogP contribution in [0.2, 0.25) is 0 Å². The molecule has 0 atom stereocenters. The van der Waals surface area contributed by atoms with Gasteiger partial charge < -0.3 is 15.2 Å². The highest BCUT2D eigenvalue weighted by Crippen LogP contribution is 2.20. The highest BCUT2D eigenvalue weighted by atomic mass is 19.1. The lowest BCUT2D eigenvalue weighted by molar-refractivity contribution is 0.305. The molecule has 0 aliphatic carbocycles. The van der Waals surface area contributed by atoms with Gasteiger partial charge in [-0.25, -0.2) is 4.39 Å². The number of hydrogen-bond donors (Lipinski definition) is 1. The number of rotatable bonds is 5. The van der Waals surface area contributed by atoms with Crippen molar-refractivity contribution in [3.05, 3.63) is 59.4 Å². The summed E-state index contributed by atoms with van der Waals surface area (Å²) in [6, 6.07) is 11.7. The zero-order chi connectivity index (χ0) is 13.7. The SMILES string of the molecule is COc1ccc(COc2ccc(F)cc2)cc1CN. The van der Waals surface area contributed by atoms with Gasteiger partial charge in [0.05, 0.1) is 7.11 Å². The minimum Gasteiger partial charge on any atom is -0.496 e. The van der Waals surface area contributed by atoms with Crippen molar-refractivity contribution in [1.82, 2.24) is 0 Å². The van der Waals surface area contributed by atoms with E-state index in [1.165, 1.54) is 12.1 Å². The van der Waals surface area contributed by atoms with Crippen LogP contribution < -0.4 is 15.2 Å².